The fraction of sp³-hybridized carbons (Fsp3) is 0. The van der Waals surface area contributed by atoms with Gasteiger partial charge in [-0.3, -0.25) is 0 Å². The zero-order valence-electron chi connectivity index (χ0n) is 4.38. The van der Waals surface area contributed by atoms with Crippen LogP contribution in [0.1, 0.15) is 0 Å². The Bertz CT molecular complexity index is 146. The smallest absolute Gasteiger partial charge is 0.886 e. The molecule has 0 aromatic heterocycles. The molecule has 0 rings (SSSR count). The van der Waals surface area contributed by atoms with Gasteiger partial charge in [0.15, 0.2) is 0 Å². The second kappa shape index (κ2) is 6.52. The van der Waals surface area contributed by atoms with Crippen molar-refractivity contribution in [3.63, 3.8) is 0 Å². The van der Waals surface area contributed by atoms with E-state index in [0.29, 0.717) is 0 Å². The van der Waals surface area contributed by atoms with Crippen molar-refractivity contribution in [3.8, 4) is 6.07 Å². The van der Waals surface area contributed by atoms with Crippen LogP contribution in [0.5, 0.6) is 0 Å². The van der Waals surface area contributed by atoms with Crippen LogP contribution in [0, 0.1) is 17.9 Å². The predicted octanol–water partition coefficient (Wildman–Crippen LogP) is -3.37. The van der Waals surface area contributed by atoms with Gasteiger partial charge in [-0.25, -0.2) is 10.1 Å². The Hall–Kier alpha value is -0.480. The van der Waals surface area contributed by atoms with Gasteiger partial charge in [0.05, 0.1) is 12.6 Å². The third kappa shape index (κ3) is 3.70. The Morgan fingerprint density at radius 2 is 2.38 bits per heavy atom. The van der Waals surface area contributed by atoms with Crippen molar-refractivity contribution >= 4 is 0 Å². The minimum atomic E-state index is -0.403. The Morgan fingerprint density at radius 1 is 1.88 bits per heavy atom. The molecule has 0 heterocycles. The van der Waals surface area contributed by atoms with E-state index in [4.69, 9.17) is 11.8 Å². The van der Waals surface area contributed by atoms with Gasteiger partial charge >= 0.3 is 29.6 Å². The van der Waals surface area contributed by atoms with Gasteiger partial charge in [-0.05, 0) is 0 Å². The van der Waals surface area contributed by atoms with Crippen molar-refractivity contribution in [2.24, 2.45) is 0 Å². The van der Waals surface area contributed by atoms with Crippen LogP contribution in [-0.2, 0) is 0 Å². The van der Waals surface area contributed by atoms with Crippen LogP contribution in [0.3, 0.4) is 0 Å². The molecule has 0 fully saturated rings. The van der Waals surface area contributed by atoms with E-state index >= 15 is 0 Å². The topological polar surface area (TPSA) is 51.2 Å². The van der Waals surface area contributed by atoms with Crippen molar-refractivity contribution < 1.29 is 34.7 Å². The Balaban J connectivity index is 0. The summed E-state index contributed by atoms with van der Waals surface area (Å²) < 4.78 is 0. The first-order valence-electron chi connectivity index (χ1n) is 1.45. The van der Waals surface area contributed by atoms with Crippen LogP contribution in [0.25, 0.3) is 4.85 Å². The number of nitrogens with zero attached hydrogens (tertiary/aromatic N) is 2. The molecule has 34 valence electrons. The summed E-state index contributed by atoms with van der Waals surface area (Å²) in [7, 11) is 0. The van der Waals surface area contributed by atoms with E-state index in [1.54, 1.807) is 0 Å². The molecule has 4 heteroatoms. The van der Waals surface area contributed by atoms with Gasteiger partial charge in [0.25, 0.3) is 0 Å². The van der Waals surface area contributed by atoms with Crippen molar-refractivity contribution in [3.05, 3.63) is 23.4 Å². The van der Waals surface area contributed by atoms with E-state index in [-0.39, 0.29) is 35.8 Å². The summed E-state index contributed by atoms with van der Waals surface area (Å²) in [4.78, 5) is 2.56. The summed E-state index contributed by atoms with van der Waals surface area (Å²) in [6, 6.07) is 1.40. The normalized spacial score (nSPS) is 8.00. The van der Waals surface area contributed by atoms with E-state index in [0.717, 1.165) is 0 Å². The molecule has 0 atom stereocenters. The monoisotopic (exact) mass is 116 g/mol. The average Bonchev–Trinajstić information content (AvgIpc) is 1.72. The van der Waals surface area contributed by atoms with Gasteiger partial charge in [0.1, 0.15) is 0 Å². The molecular weight excluding hydrogens is 115 g/mol. The average molecular weight is 116 g/mol. The van der Waals surface area contributed by atoms with E-state index in [1.165, 1.54) is 6.07 Å². The second-order valence-corrected chi connectivity index (χ2v) is 0.727. The molecule has 0 aromatic rings. The molecule has 3 nitrogen and oxygen atoms in total. The minimum absolute atomic E-state index is 0. The quantitative estimate of drug-likeness (QED) is 0.143. The fourth-order valence-corrected chi connectivity index (χ4v) is 0.0777. The summed E-state index contributed by atoms with van der Waals surface area (Å²) in [5.41, 5.74) is -0.403. The first kappa shape index (κ1) is 10.5. The summed E-state index contributed by atoms with van der Waals surface area (Å²) in [6.45, 7) is 6.09. The molecular formula is C4HN2NaO. The standard InChI is InChI=1S/C4H2N2O.Na/c1-6-4(2-5)3-7;/h3,7H;/q;+1/p-1/b4-3-;. The van der Waals surface area contributed by atoms with Crippen molar-refractivity contribution in [1.29, 1.82) is 5.26 Å². The zero-order valence-corrected chi connectivity index (χ0v) is 6.38. The van der Waals surface area contributed by atoms with E-state index < -0.39 is 5.70 Å². The summed E-state index contributed by atoms with van der Waals surface area (Å²) in [5, 5.41) is 17.3. The van der Waals surface area contributed by atoms with Crippen molar-refractivity contribution in [1.82, 2.24) is 0 Å². The third-order valence-electron chi connectivity index (χ3n) is 0.347. The number of rotatable bonds is 0. The summed E-state index contributed by atoms with van der Waals surface area (Å²) >= 11 is 0. The SMILES string of the molecule is [C-]#[N+]/C(C#N)=C\[O-].[Na+]. The fourth-order valence-electron chi connectivity index (χ4n) is 0.0777. The van der Waals surface area contributed by atoms with Gasteiger partial charge in [-0.15, -0.1) is 6.26 Å². The molecule has 0 amide bonds. The molecule has 0 saturated carbocycles. The molecule has 0 N–H and O–H groups in total. The molecule has 0 unspecified atom stereocenters. The van der Waals surface area contributed by atoms with Gasteiger partial charge in [0.2, 0.25) is 5.70 Å². The van der Waals surface area contributed by atoms with E-state index in [9.17, 15) is 5.11 Å². The molecule has 0 saturated heterocycles. The minimum Gasteiger partial charge on any atom is -0.886 e. The Kier molecular flexibility index (Phi) is 8.55. The van der Waals surface area contributed by atoms with Gasteiger partial charge < -0.3 is 5.11 Å². The van der Waals surface area contributed by atoms with Crippen LogP contribution in [0.4, 0.5) is 0 Å². The van der Waals surface area contributed by atoms with Crippen LogP contribution in [-0.4, -0.2) is 0 Å². The third-order valence-corrected chi connectivity index (χ3v) is 0.347. The van der Waals surface area contributed by atoms with Crippen molar-refractivity contribution in [2.75, 3.05) is 0 Å². The molecule has 0 aliphatic rings. The molecule has 0 radical (unpaired) electrons. The molecule has 0 spiro atoms. The molecule has 8 heavy (non-hydrogen) atoms. The maximum absolute atomic E-state index is 9.49. The van der Waals surface area contributed by atoms with E-state index in [2.05, 4.69) is 4.85 Å². The number of hydrogen-bond donors (Lipinski definition) is 0. The van der Waals surface area contributed by atoms with Gasteiger partial charge in [-0.1, -0.05) is 0 Å². The zero-order chi connectivity index (χ0) is 5.70. The van der Waals surface area contributed by atoms with Crippen LogP contribution < -0.4 is 34.7 Å². The molecule has 0 bridgehead atoms. The van der Waals surface area contributed by atoms with E-state index in [1.807, 2.05) is 0 Å². The predicted molar refractivity (Wildman–Crippen MR) is 20.3 cm³/mol. The number of allylic oxidation sites excluding steroid dienone is 1. The maximum atomic E-state index is 9.49. The number of nitriles is 1. The Morgan fingerprint density at radius 3 is 2.38 bits per heavy atom. The van der Waals surface area contributed by atoms with Crippen LogP contribution in [0.2, 0.25) is 0 Å². The largest absolute Gasteiger partial charge is 1.00 e. The molecule has 0 aliphatic heterocycles. The van der Waals surface area contributed by atoms with Crippen LogP contribution in [0.15, 0.2) is 12.0 Å². The van der Waals surface area contributed by atoms with Gasteiger partial charge in [0, 0.05) is 0 Å². The first-order valence-corrected chi connectivity index (χ1v) is 1.45. The molecule has 0 aromatic carbocycles. The van der Waals surface area contributed by atoms with Crippen LogP contribution >= 0.6 is 0 Å². The second-order valence-electron chi connectivity index (χ2n) is 0.727. The number of hydrogen-bond acceptors (Lipinski definition) is 2. The summed E-state index contributed by atoms with van der Waals surface area (Å²) in [5.74, 6) is 0. The van der Waals surface area contributed by atoms with Gasteiger partial charge in [-0.2, -0.15) is 0 Å². The summed E-state index contributed by atoms with van der Waals surface area (Å²) in [6.07, 6.45) is 0.229. The molecule has 0 aliphatic carbocycles. The Labute approximate surface area is 69.3 Å². The van der Waals surface area contributed by atoms with Crippen molar-refractivity contribution in [2.45, 2.75) is 0 Å². The maximum Gasteiger partial charge on any atom is 1.00 e. The first-order chi connectivity index (χ1) is 3.35.